The highest BCUT2D eigenvalue weighted by atomic mass is 32.1. The van der Waals surface area contributed by atoms with Crippen molar-refractivity contribution in [1.82, 2.24) is 15.5 Å². The third kappa shape index (κ3) is 3.47. The van der Waals surface area contributed by atoms with Crippen molar-refractivity contribution in [2.75, 3.05) is 20.2 Å². The number of nitrogens with one attached hydrogen (secondary N) is 2. The first-order chi connectivity index (χ1) is 10.2. The molecule has 1 aromatic carbocycles. The predicted molar refractivity (Wildman–Crippen MR) is 80.0 cm³/mol. The number of benzene rings is 1. The molecule has 1 aromatic heterocycles. The van der Waals surface area contributed by atoms with Crippen molar-refractivity contribution in [1.29, 1.82) is 0 Å². The zero-order valence-electron chi connectivity index (χ0n) is 11.6. The summed E-state index contributed by atoms with van der Waals surface area (Å²) in [5, 5.41) is 15.0. The van der Waals surface area contributed by atoms with Crippen LogP contribution in [0.4, 0.5) is 0 Å². The summed E-state index contributed by atoms with van der Waals surface area (Å²) in [4.78, 5) is 13.6. The van der Waals surface area contributed by atoms with Crippen LogP contribution in [0.3, 0.4) is 0 Å². The van der Waals surface area contributed by atoms with E-state index < -0.39 is 5.63 Å². The van der Waals surface area contributed by atoms with Gasteiger partial charge in [-0.05, 0) is 22.2 Å². The Morgan fingerprint density at radius 3 is 2.81 bits per heavy atom. The maximum absolute atomic E-state index is 11.9. The van der Waals surface area contributed by atoms with Gasteiger partial charge in [-0.1, -0.05) is 18.2 Å². The molecule has 2 aromatic rings. The number of hydrogen-bond donors (Lipinski definition) is 3. The quantitative estimate of drug-likeness (QED) is 0.512. The largest absolute Gasteiger partial charge is 0.432 e. The van der Waals surface area contributed by atoms with Crippen LogP contribution < -0.4 is 15.6 Å². The first-order valence-corrected chi connectivity index (χ1v) is 6.83. The first kappa shape index (κ1) is 15.2. The number of para-hydroxylation sites is 1. The molecule has 112 valence electrons. The molecule has 21 heavy (non-hydrogen) atoms. The van der Waals surface area contributed by atoms with Crippen molar-refractivity contribution in [3.8, 4) is 5.69 Å². The normalized spacial score (nSPS) is 10.4. The molecule has 7 nitrogen and oxygen atoms in total. The molecule has 0 spiro atoms. The molecule has 0 unspecified atom stereocenters. The van der Waals surface area contributed by atoms with Crippen LogP contribution in [0.5, 0.6) is 0 Å². The fourth-order valence-corrected chi connectivity index (χ4v) is 2.08. The third-order valence-corrected chi connectivity index (χ3v) is 3.42. The monoisotopic (exact) mass is 309 g/mol. The van der Waals surface area contributed by atoms with Gasteiger partial charge in [-0.25, -0.2) is 4.79 Å². The molecule has 0 aliphatic carbocycles. The van der Waals surface area contributed by atoms with E-state index >= 15 is 0 Å². The van der Waals surface area contributed by atoms with Crippen LogP contribution in [0, 0.1) is 0 Å². The van der Waals surface area contributed by atoms with E-state index in [1.54, 1.807) is 16.6 Å². The highest BCUT2D eigenvalue weighted by Crippen LogP contribution is 2.01. The summed E-state index contributed by atoms with van der Waals surface area (Å²) in [6.45, 7) is 0.475. The second-order valence-electron chi connectivity index (χ2n) is 4.30. The van der Waals surface area contributed by atoms with Crippen LogP contribution in [0.2, 0.25) is 0 Å². The van der Waals surface area contributed by atoms with Gasteiger partial charge < -0.3 is 15.3 Å². The van der Waals surface area contributed by atoms with Crippen LogP contribution in [0.1, 0.15) is 5.69 Å². The van der Waals surface area contributed by atoms with Crippen LogP contribution in [0.15, 0.2) is 39.6 Å². The van der Waals surface area contributed by atoms with Gasteiger partial charge in [-0.15, -0.1) is 0 Å². The van der Waals surface area contributed by atoms with Crippen molar-refractivity contribution in [2.24, 2.45) is 0 Å². The lowest BCUT2D eigenvalue weighted by Crippen LogP contribution is -2.45. The minimum Gasteiger partial charge on any atom is -0.395 e. The van der Waals surface area contributed by atoms with Crippen LogP contribution in [-0.2, 0) is 6.54 Å². The highest BCUT2D eigenvalue weighted by molar-refractivity contribution is 7.80. The van der Waals surface area contributed by atoms with E-state index in [-0.39, 0.29) is 13.2 Å². The van der Waals surface area contributed by atoms with Crippen molar-refractivity contribution in [3.05, 3.63) is 46.4 Å². The Balaban J connectivity index is 2.33. The average molecular weight is 309 g/mol. The fourth-order valence-electron chi connectivity index (χ4n) is 1.93. The molecular formula is C13H17N4O3S+. The Kier molecular flexibility index (Phi) is 5.07. The molecule has 2 rings (SSSR count). The van der Waals surface area contributed by atoms with Crippen molar-refractivity contribution >= 4 is 17.3 Å². The molecule has 0 saturated heterocycles. The number of nitrogens with zero attached hydrogens (tertiary/aromatic N) is 2. The van der Waals surface area contributed by atoms with Crippen molar-refractivity contribution in [2.45, 2.75) is 6.54 Å². The van der Waals surface area contributed by atoms with Gasteiger partial charge in [-0.2, -0.15) is 0 Å². The molecular weight excluding hydrogens is 292 g/mol. The van der Waals surface area contributed by atoms with Gasteiger partial charge in [0.05, 0.1) is 6.61 Å². The zero-order valence-corrected chi connectivity index (χ0v) is 12.4. The van der Waals surface area contributed by atoms with Gasteiger partial charge in [0.1, 0.15) is 6.54 Å². The van der Waals surface area contributed by atoms with Gasteiger partial charge in [0.25, 0.3) is 0 Å². The van der Waals surface area contributed by atoms with Gasteiger partial charge in [0.15, 0.2) is 5.11 Å². The molecule has 0 fully saturated rings. The SMILES string of the molecule is CNC(=S)N(CCO)Cc1c(=O)o[nH][n+]1-c1ccccc1. The zero-order chi connectivity index (χ0) is 15.2. The summed E-state index contributed by atoms with van der Waals surface area (Å²) in [5.41, 5.74) is 0.700. The van der Waals surface area contributed by atoms with Crippen LogP contribution in [-0.4, -0.2) is 40.6 Å². The second kappa shape index (κ2) is 7.00. The number of aliphatic hydroxyl groups excluding tert-OH is 1. The Morgan fingerprint density at radius 1 is 1.48 bits per heavy atom. The van der Waals surface area contributed by atoms with E-state index in [2.05, 4.69) is 10.6 Å². The summed E-state index contributed by atoms with van der Waals surface area (Å²) in [6.07, 6.45) is 0. The molecule has 8 heteroatoms. The Labute approximate surface area is 126 Å². The average Bonchev–Trinajstić information content (AvgIpc) is 2.88. The van der Waals surface area contributed by atoms with E-state index in [0.717, 1.165) is 5.69 Å². The first-order valence-electron chi connectivity index (χ1n) is 6.42. The minimum atomic E-state index is -0.472. The molecule has 0 bridgehead atoms. The van der Waals surface area contributed by atoms with Crippen LogP contribution >= 0.6 is 12.2 Å². The third-order valence-electron chi connectivity index (χ3n) is 2.96. The summed E-state index contributed by atoms with van der Waals surface area (Å²) in [5.74, 6) is 0. The smallest absolute Gasteiger partial charge is 0.395 e. The maximum Gasteiger partial charge on any atom is 0.432 e. The molecule has 0 radical (unpaired) electrons. The van der Waals surface area contributed by atoms with Crippen LogP contribution in [0.25, 0.3) is 5.69 Å². The van der Waals surface area contributed by atoms with Gasteiger partial charge in [-0.3, -0.25) is 4.52 Å². The highest BCUT2D eigenvalue weighted by Gasteiger charge is 2.26. The number of H-pyrrole nitrogens is 1. The number of aliphatic hydroxyl groups is 1. The Morgan fingerprint density at radius 2 is 2.19 bits per heavy atom. The van der Waals surface area contributed by atoms with E-state index in [1.807, 2.05) is 30.3 Å². The Hall–Kier alpha value is -2.19. The van der Waals surface area contributed by atoms with Crippen molar-refractivity contribution < 1.29 is 14.3 Å². The Bertz CT molecular complexity index is 653. The molecule has 3 N–H and O–H groups in total. The van der Waals surface area contributed by atoms with Gasteiger partial charge in [0, 0.05) is 25.7 Å². The van der Waals surface area contributed by atoms with E-state index in [4.69, 9.17) is 21.8 Å². The maximum atomic E-state index is 11.9. The lowest BCUT2D eigenvalue weighted by atomic mass is 10.3. The molecule has 0 aliphatic rings. The summed E-state index contributed by atoms with van der Waals surface area (Å²) >= 11 is 5.17. The molecule has 0 aliphatic heterocycles. The van der Waals surface area contributed by atoms with E-state index in [9.17, 15) is 4.79 Å². The number of thiocarbonyl (C=S) groups is 1. The molecule has 0 atom stereocenters. The van der Waals surface area contributed by atoms with Gasteiger partial charge in [0.2, 0.25) is 5.69 Å². The minimum absolute atomic E-state index is 0.0666. The molecule has 0 saturated carbocycles. The molecule has 1 heterocycles. The number of rotatable bonds is 5. The lowest BCUT2D eigenvalue weighted by Gasteiger charge is -2.21. The number of hydrogen-bond acceptors (Lipinski definition) is 4. The van der Waals surface area contributed by atoms with E-state index in [0.29, 0.717) is 17.4 Å². The number of aromatic amines is 1. The van der Waals surface area contributed by atoms with Gasteiger partial charge >= 0.3 is 11.3 Å². The fraction of sp³-hybridized carbons (Fsp3) is 0.308. The summed E-state index contributed by atoms with van der Waals surface area (Å²) < 4.78 is 6.43. The predicted octanol–water partition coefficient (Wildman–Crippen LogP) is -0.457. The topological polar surface area (TPSA) is 85.4 Å². The molecule has 0 amide bonds. The second-order valence-corrected chi connectivity index (χ2v) is 4.69. The standard InChI is InChI=1S/C13H16N4O3S/c1-14-13(21)16(7-8-18)9-11-12(19)20-15-17(11)10-5-3-2-4-6-10/h2-6,18H,7-9H2,1H3,(H-,14,15,19,21)/p+1. The van der Waals surface area contributed by atoms with Crippen molar-refractivity contribution in [3.63, 3.8) is 0 Å². The number of aromatic nitrogens is 2. The lowest BCUT2D eigenvalue weighted by molar-refractivity contribution is -0.678. The summed E-state index contributed by atoms with van der Waals surface area (Å²) in [7, 11) is 1.69. The summed E-state index contributed by atoms with van der Waals surface area (Å²) in [6, 6.07) is 9.31. The van der Waals surface area contributed by atoms with E-state index in [1.165, 1.54) is 0 Å².